The molecule has 1 saturated carbocycles. The fourth-order valence-corrected chi connectivity index (χ4v) is 3.87. The van der Waals surface area contributed by atoms with Crippen LogP contribution in [0.4, 0.5) is 13.2 Å². The molecule has 2 fully saturated rings. The average molecular weight is 306 g/mol. The number of halogens is 3. The van der Waals surface area contributed by atoms with Crippen molar-refractivity contribution >= 4 is 0 Å². The molecule has 1 unspecified atom stereocenters. The topological polar surface area (TPSA) is 15.3 Å². The number of likely N-dealkylation sites (tertiary alicyclic amines) is 1. The first-order chi connectivity index (χ1) is 9.96. The molecule has 1 aliphatic heterocycles. The summed E-state index contributed by atoms with van der Waals surface area (Å²) in [6.07, 6.45) is 4.58. The first-order valence-electron chi connectivity index (χ1n) is 8.48. The van der Waals surface area contributed by atoms with Gasteiger partial charge in [0.2, 0.25) is 0 Å². The summed E-state index contributed by atoms with van der Waals surface area (Å²) in [7, 11) is 0. The molecular weight excluding hydrogens is 277 g/mol. The fourth-order valence-electron chi connectivity index (χ4n) is 3.87. The Morgan fingerprint density at radius 3 is 2.38 bits per heavy atom. The zero-order valence-corrected chi connectivity index (χ0v) is 13.1. The number of hydrogen-bond donors (Lipinski definition) is 1. The molecule has 0 spiro atoms. The van der Waals surface area contributed by atoms with Gasteiger partial charge in [0.15, 0.2) is 0 Å². The van der Waals surface area contributed by atoms with E-state index in [-0.39, 0.29) is 0 Å². The van der Waals surface area contributed by atoms with Crippen molar-refractivity contribution in [3.05, 3.63) is 0 Å². The van der Waals surface area contributed by atoms with E-state index in [9.17, 15) is 13.2 Å². The van der Waals surface area contributed by atoms with Gasteiger partial charge in [-0.25, -0.2) is 0 Å². The van der Waals surface area contributed by atoms with Gasteiger partial charge in [-0.15, -0.1) is 0 Å². The lowest BCUT2D eigenvalue weighted by Crippen LogP contribution is -2.38. The van der Waals surface area contributed by atoms with E-state index >= 15 is 0 Å². The maximum absolute atomic E-state index is 12.4. The molecule has 1 aliphatic carbocycles. The van der Waals surface area contributed by atoms with Crippen LogP contribution in [0, 0.1) is 11.8 Å². The molecule has 5 heteroatoms. The smallest absolute Gasteiger partial charge is 0.314 e. The Morgan fingerprint density at radius 1 is 1.05 bits per heavy atom. The zero-order valence-electron chi connectivity index (χ0n) is 13.1. The lowest BCUT2D eigenvalue weighted by Gasteiger charge is -2.30. The van der Waals surface area contributed by atoms with E-state index in [1.807, 2.05) is 0 Å². The molecule has 2 aliphatic rings. The lowest BCUT2D eigenvalue weighted by atomic mass is 9.83. The summed E-state index contributed by atoms with van der Waals surface area (Å²) in [6, 6.07) is 0.592. The van der Waals surface area contributed by atoms with E-state index in [2.05, 4.69) is 12.2 Å². The summed E-state index contributed by atoms with van der Waals surface area (Å²) in [5, 5.41) is 3.60. The highest BCUT2D eigenvalue weighted by atomic mass is 19.4. The Morgan fingerprint density at radius 2 is 1.76 bits per heavy atom. The van der Waals surface area contributed by atoms with Crippen molar-refractivity contribution < 1.29 is 13.2 Å². The normalized spacial score (nSPS) is 31.7. The first-order valence-corrected chi connectivity index (χ1v) is 8.48. The second kappa shape index (κ2) is 7.82. The van der Waals surface area contributed by atoms with Gasteiger partial charge in [-0.3, -0.25) is 4.90 Å². The molecule has 0 radical (unpaired) electrons. The van der Waals surface area contributed by atoms with Gasteiger partial charge in [0.1, 0.15) is 0 Å². The van der Waals surface area contributed by atoms with Gasteiger partial charge in [0, 0.05) is 12.6 Å². The molecule has 0 bridgehead atoms. The maximum atomic E-state index is 12.4. The Kier molecular flexibility index (Phi) is 6.35. The van der Waals surface area contributed by atoms with E-state index in [0.29, 0.717) is 25.0 Å². The molecule has 21 heavy (non-hydrogen) atoms. The standard InChI is InChI=1S/C16H29F3N2/c1-2-3-13-4-6-15(7-5-13)20-10-14-8-9-21(11-14)12-16(17,18)19/h13-15,20H,2-12H2,1H3. The quantitative estimate of drug-likeness (QED) is 0.802. The summed E-state index contributed by atoms with van der Waals surface area (Å²) >= 11 is 0. The van der Waals surface area contributed by atoms with Crippen LogP contribution in [0.1, 0.15) is 51.9 Å². The fraction of sp³-hybridized carbons (Fsp3) is 1.00. The van der Waals surface area contributed by atoms with E-state index in [1.165, 1.54) is 38.5 Å². The van der Waals surface area contributed by atoms with Crippen molar-refractivity contribution in [2.75, 3.05) is 26.2 Å². The Balaban J connectivity index is 1.60. The molecule has 1 atom stereocenters. The van der Waals surface area contributed by atoms with Crippen LogP contribution in [0.5, 0.6) is 0 Å². The van der Waals surface area contributed by atoms with Gasteiger partial charge in [-0.05, 0) is 57.0 Å². The number of hydrogen-bond acceptors (Lipinski definition) is 2. The number of nitrogens with one attached hydrogen (secondary N) is 1. The highest BCUT2D eigenvalue weighted by Crippen LogP contribution is 2.28. The van der Waals surface area contributed by atoms with Crippen LogP contribution in [0.3, 0.4) is 0 Å². The molecule has 0 aromatic heterocycles. The van der Waals surface area contributed by atoms with Crippen molar-refractivity contribution in [2.24, 2.45) is 11.8 Å². The van der Waals surface area contributed by atoms with E-state index in [1.54, 1.807) is 4.90 Å². The van der Waals surface area contributed by atoms with Gasteiger partial charge in [0.25, 0.3) is 0 Å². The van der Waals surface area contributed by atoms with Gasteiger partial charge < -0.3 is 5.32 Å². The molecule has 1 heterocycles. The Labute approximate surface area is 126 Å². The molecule has 0 aromatic carbocycles. The third kappa shape index (κ3) is 6.15. The second-order valence-corrected chi connectivity index (χ2v) is 6.92. The number of nitrogens with zero attached hydrogens (tertiary/aromatic N) is 1. The molecule has 2 nitrogen and oxygen atoms in total. The van der Waals surface area contributed by atoms with Gasteiger partial charge >= 0.3 is 6.18 Å². The van der Waals surface area contributed by atoms with Gasteiger partial charge in [-0.1, -0.05) is 19.8 Å². The first kappa shape index (κ1) is 17.1. The molecule has 1 N–H and O–H groups in total. The van der Waals surface area contributed by atoms with Crippen LogP contribution < -0.4 is 5.32 Å². The third-order valence-corrected chi connectivity index (χ3v) is 5.01. The highest BCUT2D eigenvalue weighted by molar-refractivity contribution is 4.82. The second-order valence-electron chi connectivity index (χ2n) is 6.92. The molecule has 0 amide bonds. The molecule has 2 rings (SSSR count). The minimum absolute atomic E-state index is 0.390. The third-order valence-electron chi connectivity index (χ3n) is 5.01. The number of rotatable bonds is 6. The largest absolute Gasteiger partial charge is 0.401 e. The van der Waals surface area contributed by atoms with Crippen molar-refractivity contribution in [3.63, 3.8) is 0 Å². The van der Waals surface area contributed by atoms with Gasteiger partial charge in [0.05, 0.1) is 6.54 Å². The van der Waals surface area contributed by atoms with Crippen LogP contribution in [0.15, 0.2) is 0 Å². The van der Waals surface area contributed by atoms with Gasteiger partial charge in [-0.2, -0.15) is 13.2 Å². The zero-order chi connectivity index (χ0) is 15.3. The predicted molar refractivity (Wildman–Crippen MR) is 79.3 cm³/mol. The SMILES string of the molecule is CCCC1CCC(NCC2CCN(CC(F)(F)F)C2)CC1. The summed E-state index contributed by atoms with van der Waals surface area (Å²) in [5.74, 6) is 1.29. The van der Waals surface area contributed by atoms with Crippen LogP contribution in [-0.2, 0) is 0 Å². The van der Waals surface area contributed by atoms with Crippen molar-refractivity contribution in [2.45, 2.75) is 64.1 Å². The van der Waals surface area contributed by atoms with Crippen LogP contribution in [0.25, 0.3) is 0 Å². The minimum atomic E-state index is -4.06. The minimum Gasteiger partial charge on any atom is -0.314 e. The Hall–Kier alpha value is -0.290. The lowest BCUT2D eigenvalue weighted by molar-refractivity contribution is -0.143. The predicted octanol–water partition coefficient (Wildman–Crippen LogP) is 3.82. The monoisotopic (exact) mass is 306 g/mol. The summed E-state index contributed by atoms with van der Waals surface area (Å²) in [5.41, 5.74) is 0. The maximum Gasteiger partial charge on any atom is 0.401 e. The van der Waals surface area contributed by atoms with E-state index in [0.717, 1.165) is 18.9 Å². The summed E-state index contributed by atoms with van der Waals surface area (Å²) in [4.78, 5) is 1.55. The van der Waals surface area contributed by atoms with Crippen LogP contribution in [0.2, 0.25) is 0 Å². The van der Waals surface area contributed by atoms with E-state index in [4.69, 9.17) is 0 Å². The molecule has 1 saturated heterocycles. The summed E-state index contributed by atoms with van der Waals surface area (Å²) < 4.78 is 37.1. The number of alkyl halides is 3. The van der Waals surface area contributed by atoms with Crippen molar-refractivity contribution in [3.8, 4) is 0 Å². The molecule has 124 valence electrons. The Bertz CT molecular complexity index is 298. The van der Waals surface area contributed by atoms with Crippen LogP contribution in [-0.4, -0.2) is 43.3 Å². The van der Waals surface area contributed by atoms with Crippen molar-refractivity contribution in [1.82, 2.24) is 10.2 Å². The highest BCUT2D eigenvalue weighted by Gasteiger charge is 2.34. The van der Waals surface area contributed by atoms with E-state index < -0.39 is 12.7 Å². The molecule has 0 aromatic rings. The van der Waals surface area contributed by atoms with Crippen molar-refractivity contribution in [1.29, 1.82) is 0 Å². The average Bonchev–Trinajstić information content (AvgIpc) is 2.84. The summed E-state index contributed by atoms with van der Waals surface area (Å²) in [6.45, 7) is 3.58. The molecular formula is C16H29F3N2. The van der Waals surface area contributed by atoms with Crippen LogP contribution >= 0.6 is 0 Å².